The third-order valence-electron chi connectivity index (χ3n) is 3.04. The predicted molar refractivity (Wildman–Crippen MR) is 56.1 cm³/mol. The molecule has 0 bridgehead atoms. The highest BCUT2D eigenvalue weighted by Crippen LogP contribution is 2.21. The van der Waals surface area contributed by atoms with Gasteiger partial charge in [0, 0.05) is 26.2 Å². The highest BCUT2D eigenvalue weighted by atomic mass is 32.2. The van der Waals surface area contributed by atoms with E-state index in [1.165, 1.54) is 0 Å². The molecule has 82 valence electrons. The average Bonchev–Trinajstić information content (AvgIpc) is 2.13. The van der Waals surface area contributed by atoms with Crippen molar-refractivity contribution in [2.24, 2.45) is 5.92 Å². The van der Waals surface area contributed by atoms with Gasteiger partial charge in [-0.3, -0.25) is 0 Å². The van der Waals surface area contributed by atoms with Crippen LogP contribution in [-0.2, 0) is 9.84 Å². The van der Waals surface area contributed by atoms with E-state index >= 15 is 0 Å². The lowest BCUT2D eigenvalue weighted by molar-refractivity contribution is 0.227. The Morgan fingerprint density at radius 1 is 1.21 bits per heavy atom. The van der Waals surface area contributed by atoms with E-state index in [4.69, 9.17) is 0 Å². The Morgan fingerprint density at radius 3 is 2.43 bits per heavy atom. The quantitative estimate of drug-likeness (QED) is 0.682. The zero-order valence-corrected chi connectivity index (χ0v) is 9.22. The maximum absolute atomic E-state index is 10.9. The average molecular weight is 218 g/mol. The van der Waals surface area contributed by atoms with Crippen molar-refractivity contribution in [3.63, 3.8) is 0 Å². The Balaban J connectivity index is 1.63. The normalized spacial score (nSPS) is 28.6. The molecule has 1 N–H and O–H groups in total. The maximum Gasteiger partial charge on any atom is 0.150 e. The largest absolute Gasteiger partial charge is 0.314 e. The summed E-state index contributed by atoms with van der Waals surface area (Å²) in [6.07, 6.45) is 1.05. The van der Waals surface area contributed by atoms with E-state index in [-0.39, 0.29) is 0 Å². The summed E-state index contributed by atoms with van der Waals surface area (Å²) in [5, 5.41) is 3.31. The van der Waals surface area contributed by atoms with Crippen molar-refractivity contribution in [2.75, 3.05) is 44.2 Å². The van der Waals surface area contributed by atoms with E-state index in [0.29, 0.717) is 17.4 Å². The molecule has 2 saturated heterocycles. The van der Waals surface area contributed by atoms with Crippen LogP contribution in [0.4, 0.5) is 0 Å². The van der Waals surface area contributed by atoms with Crippen LogP contribution in [0, 0.1) is 5.92 Å². The fourth-order valence-corrected chi connectivity index (χ4v) is 3.81. The smallest absolute Gasteiger partial charge is 0.150 e. The van der Waals surface area contributed by atoms with Crippen molar-refractivity contribution in [3.05, 3.63) is 0 Å². The fourth-order valence-electron chi connectivity index (χ4n) is 2.14. The molecule has 0 aromatic carbocycles. The van der Waals surface area contributed by atoms with Crippen LogP contribution in [-0.4, -0.2) is 57.5 Å². The number of nitrogens with one attached hydrogen (secondary N) is 1. The molecule has 14 heavy (non-hydrogen) atoms. The zero-order valence-electron chi connectivity index (χ0n) is 8.41. The van der Waals surface area contributed by atoms with E-state index in [1.807, 2.05) is 0 Å². The van der Waals surface area contributed by atoms with Crippen molar-refractivity contribution in [2.45, 2.75) is 6.42 Å². The Morgan fingerprint density at radius 2 is 1.86 bits per heavy atom. The Bertz CT molecular complexity index is 271. The van der Waals surface area contributed by atoms with Gasteiger partial charge in [0.1, 0.15) is 0 Å². The van der Waals surface area contributed by atoms with E-state index in [0.717, 1.165) is 39.1 Å². The lowest BCUT2D eigenvalue weighted by atomic mass is 10.1. The van der Waals surface area contributed by atoms with Crippen molar-refractivity contribution < 1.29 is 8.42 Å². The Kier molecular flexibility index (Phi) is 3.09. The van der Waals surface area contributed by atoms with Gasteiger partial charge in [0.2, 0.25) is 0 Å². The minimum Gasteiger partial charge on any atom is -0.314 e. The summed E-state index contributed by atoms with van der Waals surface area (Å²) >= 11 is 0. The lowest BCUT2D eigenvalue weighted by Crippen LogP contribution is -2.45. The van der Waals surface area contributed by atoms with E-state index in [9.17, 15) is 8.42 Å². The molecule has 0 spiro atoms. The summed E-state index contributed by atoms with van der Waals surface area (Å²) in [7, 11) is -2.61. The van der Waals surface area contributed by atoms with Gasteiger partial charge in [-0.05, 0) is 18.9 Å². The Hall–Kier alpha value is -0.130. The van der Waals surface area contributed by atoms with Gasteiger partial charge in [-0.1, -0.05) is 0 Å². The molecule has 2 aliphatic rings. The summed E-state index contributed by atoms with van der Waals surface area (Å²) in [6, 6.07) is 0. The predicted octanol–water partition coefficient (Wildman–Crippen LogP) is -0.674. The topological polar surface area (TPSA) is 49.4 Å². The third kappa shape index (κ3) is 2.68. The van der Waals surface area contributed by atoms with Crippen LogP contribution in [0.1, 0.15) is 6.42 Å². The second-order valence-electron chi connectivity index (χ2n) is 4.32. The first-order chi connectivity index (χ1) is 6.66. The standard InChI is InChI=1S/C9H18N2O2S/c12-14(13)7-9(8-14)1-4-11-5-2-10-3-6-11/h9-10H,1-8H2. The molecule has 0 aliphatic carbocycles. The van der Waals surface area contributed by atoms with Crippen LogP contribution in [0.3, 0.4) is 0 Å². The van der Waals surface area contributed by atoms with Gasteiger partial charge in [-0.15, -0.1) is 0 Å². The molecule has 2 aliphatic heterocycles. The summed E-state index contributed by atoms with van der Waals surface area (Å²) in [5.74, 6) is 1.30. The molecule has 2 heterocycles. The summed E-state index contributed by atoms with van der Waals surface area (Å²) in [5.41, 5.74) is 0. The molecule has 0 saturated carbocycles. The monoisotopic (exact) mass is 218 g/mol. The highest BCUT2D eigenvalue weighted by molar-refractivity contribution is 7.92. The van der Waals surface area contributed by atoms with Crippen molar-refractivity contribution in [1.82, 2.24) is 10.2 Å². The Labute approximate surface area is 85.6 Å². The molecule has 0 unspecified atom stereocenters. The van der Waals surface area contributed by atoms with Crippen molar-refractivity contribution in [1.29, 1.82) is 0 Å². The van der Waals surface area contributed by atoms with Crippen molar-refractivity contribution in [3.8, 4) is 0 Å². The zero-order chi connectivity index (χ0) is 10.0. The second kappa shape index (κ2) is 4.16. The van der Waals surface area contributed by atoms with Crippen LogP contribution in [0.25, 0.3) is 0 Å². The molecule has 0 radical (unpaired) electrons. The lowest BCUT2D eigenvalue weighted by Gasteiger charge is -2.31. The minimum absolute atomic E-state index is 0.430. The van der Waals surface area contributed by atoms with Crippen molar-refractivity contribution >= 4 is 9.84 Å². The number of rotatable bonds is 3. The molecule has 0 aromatic heterocycles. The molecule has 2 rings (SSSR count). The van der Waals surface area contributed by atoms with Crippen LogP contribution in [0.5, 0.6) is 0 Å². The molecule has 2 fully saturated rings. The molecule has 0 atom stereocenters. The third-order valence-corrected chi connectivity index (χ3v) is 5.00. The van der Waals surface area contributed by atoms with Crippen LogP contribution in [0.2, 0.25) is 0 Å². The molecular formula is C9H18N2O2S. The number of hydrogen-bond donors (Lipinski definition) is 1. The van der Waals surface area contributed by atoms with Crippen LogP contribution < -0.4 is 5.32 Å². The maximum atomic E-state index is 10.9. The van der Waals surface area contributed by atoms with Gasteiger partial charge in [-0.25, -0.2) is 8.42 Å². The number of sulfone groups is 1. The van der Waals surface area contributed by atoms with Gasteiger partial charge < -0.3 is 10.2 Å². The molecule has 0 amide bonds. The molecule has 0 aromatic rings. The molecule has 4 nitrogen and oxygen atoms in total. The van der Waals surface area contributed by atoms with E-state index in [2.05, 4.69) is 10.2 Å². The number of nitrogens with zero attached hydrogens (tertiary/aromatic N) is 1. The van der Waals surface area contributed by atoms with Gasteiger partial charge in [0.25, 0.3) is 0 Å². The highest BCUT2D eigenvalue weighted by Gasteiger charge is 2.32. The molecule has 5 heteroatoms. The first kappa shape index (κ1) is 10.4. The van der Waals surface area contributed by atoms with Gasteiger partial charge in [-0.2, -0.15) is 0 Å². The second-order valence-corrected chi connectivity index (χ2v) is 6.48. The fraction of sp³-hybridized carbons (Fsp3) is 1.00. The first-order valence-corrected chi connectivity index (χ1v) is 7.11. The van der Waals surface area contributed by atoms with Crippen LogP contribution in [0.15, 0.2) is 0 Å². The number of piperazine rings is 1. The SMILES string of the molecule is O=S1(=O)CC(CCN2CCNCC2)C1. The summed E-state index contributed by atoms with van der Waals surface area (Å²) in [6.45, 7) is 5.44. The number of hydrogen-bond acceptors (Lipinski definition) is 4. The van der Waals surface area contributed by atoms with Crippen LogP contribution >= 0.6 is 0 Å². The minimum atomic E-state index is -2.61. The summed E-state index contributed by atoms with van der Waals surface area (Å²) in [4.78, 5) is 2.42. The van der Waals surface area contributed by atoms with Gasteiger partial charge in [0.05, 0.1) is 11.5 Å². The van der Waals surface area contributed by atoms with Gasteiger partial charge >= 0.3 is 0 Å². The van der Waals surface area contributed by atoms with Gasteiger partial charge in [0.15, 0.2) is 9.84 Å². The molecular weight excluding hydrogens is 200 g/mol. The van der Waals surface area contributed by atoms with E-state index in [1.54, 1.807) is 0 Å². The van der Waals surface area contributed by atoms with E-state index < -0.39 is 9.84 Å². The first-order valence-electron chi connectivity index (χ1n) is 5.29. The summed E-state index contributed by atoms with van der Waals surface area (Å²) < 4.78 is 21.8.